The second-order valence-electron chi connectivity index (χ2n) is 1.18. The van der Waals surface area contributed by atoms with Crippen LogP contribution in [0.1, 0.15) is 0 Å². The zero-order valence-corrected chi connectivity index (χ0v) is 6.18. The van der Waals surface area contributed by atoms with Gasteiger partial charge in [0.15, 0.2) is 0 Å². The molecule has 0 aliphatic rings. The predicted octanol–water partition coefficient (Wildman–Crippen LogP) is 0.549. The van der Waals surface area contributed by atoms with Gasteiger partial charge in [-0.15, -0.1) is 0 Å². The Morgan fingerprint density at radius 3 is 2.78 bits per heavy atom. The van der Waals surface area contributed by atoms with Crippen molar-refractivity contribution < 1.29 is 4.79 Å². The number of hydrogen-bond donors (Lipinski definition) is 2. The van der Waals surface area contributed by atoms with E-state index in [1.165, 1.54) is 6.21 Å². The monoisotopic (exact) mass is 191 g/mol. The molecule has 0 heterocycles. The summed E-state index contributed by atoms with van der Waals surface area (Å²) in [5.74, 6) is 0. The Hall–Kier alpha value is -0.840. The van der Waals surface area contributed by atoms with Gasteiger partial charge in [0.1, 0.15) is 0 Å². The minimum absolute atomic E-state index is 0.566. The normalized spacial score (nSPS) is 9.44. The minimum Gasteiger partial charge on any atom is -0.350 e. The van der Waals surface area contributed by atoms with E-state index in [9.17, 15) is 4.79 Å². The van der Waals surface area contributed by atoms with Crippen molar-refractivity contribution in [2.45, 2.75) is 0 Å². The molecule has 0 aromatic heterocycles. The Kier molecular flexibility index (Phi) is 3.70. The number of carbonyl (C=O) groups is 1. The quantitative estimate of drug-likeness (QED) is 0.486. The molecule has 9 heavy (non-hydrogen) atoms. The molecule has 0 aliphatic carbocycles. The summed E-state index contributed by atoms with van der Waals surface area (Å²) in [5, 5.41) is 3.37. The Morgan fingerprint density at radius 2 is 2.44 bits per heavy atom. The van der Waals surface area contributed by atoms with Gasteiger partial charge < -0.3 is 5.73 Å². The summed E-state index contributed by atoms with van der Waals surface area (Å²) >= 11 is 2.99. The zero-order chi connectivity index (χ0) is 7.28. The zero-order valence-electron chi connectivity index (χ0n) is 4.60. The first-order chi connectivity index (χ1) is 4.13. The molecule has 0 fully saturated rings. The molecule has 4 nitrogen and oxygen atoms in total. The van der Waals surface area contributed by atoms with Gasteiger partial charge in [-0.1, -0.05) is 6.58 Å². The molecule has 0 atom stereocenters. The number of rotatable bonds is 2. The Morgan fingerprint density at radius 1 is 1.89 bits per heavy atom. The molecule has 0 saturated heterocycles. The summed E-state index contributed by atoms with van der Waals surface area (Å²) in [7, 11) is 0. The van der Waals surface area contributed by atoms with Crippen LogP contribution < -0.4 is 11.2 Å². The fourth-order valence-electron chi connectivity index (χ4n) is 0.166. The molecule has 0 saturated carbocycles. The molecular weight excluding hydrogens is 186 g/mol. The third-order valence-electron chi connectivity index (χ3n) is 0.379. The van der Waals surface area contributed by atoms with Gasteiger partial charge in [-0.05, 0) is 15.9 Å². The highest BCUT2D eigenvalue weighted by atomic mass is 79.9. The van der Waals surface area contributed by atoms with E-state index in [1.54, 1.807) is 0 Å². The molecule has 0 spiro atoms. The number of hydrogen-bond acceptors (Lipinski definition) is 2. The summed E-state index contributed by atoms with van der Waals surface area (Å²) in [6, 6.07) is -0.694. The van der Waals surface area contributed by atoms with Crippen molar-refractivity contribution in [1.29, 1.82) is 0 Å². The van der Waals surface area contributed by atoms with E-state index in [0.717, 1.165) is 0 Å². The van der Waals surface area contributed by atoms with Crippen LogP contribution in [0.4, 0.5) is 4.79 Å². The Balaban J connectivity index is 3.48. The van der Waals surface area contributed by atoms with Crippen molar-refractivity contribution in [1.82, 2.24) is 5.43 Å². The lowest BCUT2D eigenvalue weighted by atomic mass is 10.7. The second-order valence-corrected chi connectivity index (χ2v) is 2.20. The summed E-state index contributed by atoms with van der Waals surface area (Å²) in [5.41, 5.74) is 6.66. The van der Waals surface area contributed by atoms with Crippen LogP contribution in [0, 0.1) is 0 Å². The van der Waals surface area contributed by atoms with Crippen LogP contribution in [0.5, 0.6) is 0 Å². The maximum absolute atomic E-state index is 9.93. The van der Waals surface area contributed by atoms with E-state index >= 15 is 0 Å². The van der Waals surface area contributed by atoms with Gasteiger partial charge in [-0.25, -0.2) is 10.2 Å². The standard InChI is InChI=1S/C4H6BrN3O/c1-3(5)2-7-8-4(6)9/h2H,1H2,(H3,6,8,9)/b7-2+. The Labute approximate surface area is 60.9 Å². The average molecular weight is 192 g/mol. The molecule has 50 valence electrons. The molecule has 0 aliphatic heterocycles. The molecule has 0 radical (unpaired) electrons. The minimum atomic E-state index is -0.694. The fourth-order valence-corrected chi connectivity index (χ4v) is 0.268. The van der Waals surface area contributed by atoms with Crippen molar-refractivity contribution in [3.63, 3.8) is 0 Å². The van der Waals surface area contributed by atoms with Crippen molar-refractivity contribution in [3.05, 3.63) is 11.1 Å². The van der Waals surface area contributed by atoms with E-state index in [1.807, 2.05) is 5.43 Å². The first kappa shape index (κ1) is 8.16. The lowest BCUT2D eigenvalue weighted by molar-refractivity contribution is 0.249. The summed E-state index contributed by atoms with van der Waals surface area (Å²) in [4.78, 5) is 9.93. The number of halogens is 1. The van der Waals surface area contributed by atoms with E-state index in [0.29, 0.717) is 4.48 Å². The number of hydrazone groups is 1. The second kappa shape index (κ2) is 4.08. The maximum atomic E-state index is 9.93. The van der Waals surface area contributed by atoms with Gasteiger partial charge in [0.25, 0.3) is 0 Å². The van der Waals surface area contributed by atoms with E-state index in [2.05, 4.69) is 33.3 Å². The molecular formula is C4H6BrN3O. The van der Waals surface area contributed by atoms with Crippen LogP contribution in [0.25, 0.3) is 0 Å². The number of allylic oxidation sites excluding steroid dienone is 1. The van der Waals surface area contributed by atoms with E-state index in [-0.39, 0.29) is 0 Å². The first-order valence-corrected chi connectivity index (χ1v) is 2.85. The molecule has 3 N–H and O–H groups in total. The number of carbonyl (C=O) groups excluding carboxylic acids is 1. The molecule has 2 amide bonds. The maximum Gasteiger partial charge on any atom is 0.332 e. The van der Waals surface area contributed by atoms with Crippen LogP contribution in [-0.2, 0) is 0 Å². The molecule has 0 bridgehead atoms. The van der Waals surface area contributed by atoms with Gasteiger partial charge in [-0.3, -0.25) is 0 Å². The van der Waals surface area contributed by atoms with Crippen LogP contribution in [0.3, 0.4) is 0 Å². The van der Waals surface area contributed by atoms with Crippen molar-refractivity contribution in [2.75, 3.05) is 0 Å². The lowest BCUT2D eigenvalue weighted by Gasteiger charge is -1.87. The number of nitrogens with zero attached hydrogens (tertiary/aromatic N) is 1. The largest absolute Gasteiger partial charge is 0.350 e. The molecule has 0 unspecified atom stereocenters. The average Bonchev–Trinajstić information content (AvgIpc) is 1.63. The number of amides is 2. The summed E-state index contributed by atoms with van der Waals surface area (Å²) < 4.78 is 0.566. The third-order valence-corrected chi connectivity index (χ3v) is 0.584. The number of nitrogens with two attached hydrogens (primary N) is 1. The van der Waals surface area contributed by atoms with Crippen molar-refractivity contribution in [3.8, 4) is 0 Å². The van der Waals surface area contributed by atoms with E-state index < -0.39 is 6.03 Å². The van der Waals surface area contributed by atoms with Crippen molar-refractivity contribution >= 4 is 28.2 Å². The molecule has 5 heteroatoms. The number of primary amides is 1. The van der Waals surface area contributed by atoms with Gasteiger partial charge >= 0.3 is 6.03 Å². The first-order valence-electron chi connectivity index (χ1n) is 2.06. The molecule has 0 aromatic rings. The van der Waals surface area contributed by atoms with Crippen LogP contribution in [0.2, 0.25) is 0 Å². The summed E-state index contributed by atoms with van der Waals surface area (Å²) in [6.07, 6.45) is 1.32. The smallest absolute Gasteiger partial charge is 0.332 e. The molecule has 0 rings (SSSR count). The highest BCUT2D eigenvalue weighted by Crippen LogP contribution is 1.93. The third kappa shape index (κ3) is 7.16. The molecule has 0 aromatic carbocycles. The predicted molar refractivity (Wildman–Crippen MR) is 39.3 cm³/mol. The summed E-state index contributed by atoms with van der Waals surface area (Å²) in [6.45, 7) is 3.43. The topological polar surface area (TPSA) is 67.5 Å². The van der Waals surface area contributed by atoms with Gasteiger partial charge in [0.2, 0.25) is 0 Å². The Bertz CT molecular complexity index is 154. The van der Waals surface area contributed by atoms with E-state index in [4.69, 9.17) is 0 Å². The van der Waals surface area contributed by atoms with Gasteiger partial charge in [0, 0.05) is 4.48 Å². The number of urea groups is 1. The van der Waals surface area contributed by atoms with Crippen LogP contribution >= 0.6 is 15.9 Å². The highest BCUT2D eigenvalue weighted by Gasteiger charge is 1.82. The SMILES string of the molecule is C=C(Br)/C=N/NC(N)=O. The van der Waals surface area contributed by atoms with Gasteiger partial charge in [-0.2, -0.15) is 5.10 Å². The highest BCUT2D eigenvalue weighted by molar-refractivity contribution is 9.12. The van der Waals surface area contributed by atoms with Crippen molar-refractivity contribution in [2.24, 2.45) is 10.8 Å². The fraction of sp³-hybridized carbons (Fsp3) is 0. The van der Waals surface area contributed by atoms with Crippen LogP contribution in [-0.4, -0.2) is 12.2 Å². The number of nitrogens with one attached hydrogen (secondary N) is 1. The lowest BCUT2D eigenvalue weighted by Crippen LogP contribution is -2.24. The van der Waals surface area contributed by atoms with Gasteiger partial charge in [0.05, 0.1) is 6.21 Å². The van der Waals surface area contributed by atoms with Crippen LogP contribution in [0.15, 0.2) is 16.2 Å².